The first-order valence-corrected chi connectivity index (χ1v) is 19.7. The van der Waals surface area contributed by atoms with Crippen molar-refractivity contribution in [3.8, 4) is 0 Å². The molecule has 12 heteroatoms. The molecule has 1 aliphatic carbocycles. The molecule has 10 nitrogen and oxygen atoms in total. The standard InChI is InChI=1S/C38H42N2O8S2/c1-7-21-19-23(9-3)37(49(43,44)45)25(11-5)33(21)39-29-17-18-30(32-31(29)35(41)27-15-13-14-16-28(27)36(32)42)40-34-22(8-2)20-24(10-4)38(26(34)12-6)50(46,47)48/h13-20,39-40H,7-12H2,1-6H3,(H,43,44,45)(H,46,47,48). The zero-order valence-electron chi connectivity index (χ0n) is 29.0. The molecule has 0 amide bonds. The normalized spacial score (nSPS) is 12.9. The molecule has 0 bridgehead atoms. The van der Waals surface area contributed by atoms with Crippen LogP contribution >= 0.6 is 0 Å². The van der Waals surface area contributed by atoms with Crippen LogP contribution in [-0.4, -0.2) is 37.5 Å². The van der Waals surface area contributed by atoms with Crippen molar-refractivity contribution in [2.75, 3.05) is 10.6 Å². The van der Waals surface area contributed by atoms with Crippen LogP contribution in [0.1, 0.15) is 107 Å². The molecule has 0 aromatic heterocycles. The van der Waals surface area contributed by atoms with E-state index in [4.69, 9.17) is 0 Å². The Bertz CT molecular complexity index is 2120. The van der Waals surface area contributed by atoms with Crippen LogP contribution in [0, 0.1) is 0 Å². The molecule has 5 rings (SSSR count). The number of carbonyl (C=O) groups is 2. The Morgan fingerprint density at radius 1 is 0.520 bits per heavy atom. The molecule has 1 aliphatic rings. The van der Waals surface area contributed by atoms with E-state index in [1.807, 2.05) is 27.7 Å². The average Bonchev–Trinajstić information content (AvgIpc) is 3.09. The summed E-state index contributed by atoms with van der Waals surface area (Å²) in [5.41, 5.74) is 5.15. The first kappa shape index (κ1) is 36.9. The van der Waals surface area contributed by atoms with Gasteiger partial charge in [0, 0.05) is 22.5 Å². The number of aryl methyl sites for hydroxylation is 4. The number of hydrogen-bond acceptors (Lipinski definition) is 8. The van der Waals surface area contributed by atoms with Crippen LogP contribution in [0.25, 0.3) is 0 Å². The first-order chi connectivity index (χ1) is 23.7. The lowest BCUT2D eigenvalue weighted by atomic mass is 9.82. The monoisotopic (exact) mass is 718 g/mol. The fourth-order valence-electron chi connectivity index (χ4n) is 7.11. The van der Waals surface area contributed by atoms with Gasteiger partial charge in [0.05, 0.1) is 22.5 Å². The number of carbonyl (C=O) groups excluding carboxylic acids is 2. The molecule has 0 unspecified atom stereocenters. The van der Waals surface area contributed by atoms with Gasteiger partial charge in [0.25, 0.3) is 20.2 Å². The summed E-state index contributed by atoms with van der Waals surface area (Å²) in [6.45, 7) is 11.0. The number of rotatable bonds is 12. The second kappa shape index (κ2) is 14.1. The van der Waals surface area contributed by atoms with Crippen molar-refractivity contribution < 1.29 is 35.5 Å². The highest BCUT2D eigenvalue weighted by Gasteiger charge is 2.35. The van der Waals surface area contributed by atoms with Crippen molar-refractivity contribution >= 4 is 54.6 Å². The highest BCUT2D eigenvalue weighted by Crippen LogP contribution is 2.43. The van der Waals surface area contributed by atoms with Gasteiger partial charge in [0.15, 0.2) is 11.6 Å². The van der Waals surface area contributed by atoms with Crippen molar-refractivity contribution in [3.05, 3.63) is 104 Å². The van der Waals surface area contributed by atoms with Gasteiger partial charge in [0.1, 0.15) is 9.79 Å². The average molecular weight is 719 g/mol. The fourth-order valence-corrected chi connectivity index (χ4v) is 9.30. The lowest BCUT2D eigenvalue weighted by Gasteiger charge is -2.27. The minimum absolute atomic E-state index is 0.0621. The number of hydrogen-bond donors (Lipinski definition) is 4. The highest BCUT2D eigenvalue weighted by atomic mass is 32.2. The molecule has 4 aromatic carbocycles. The summed E-state index contributed by atoms with van der Waals surface area (Å²) in [5.74, 6) is -0.854. The maximum atomic E-state index is 14.4. The van der Waals surface area contributed by atoms with Crippen molar-refractivity contribution in [2.24, 2.45) is 0 Å². The molecule has 0 heterocycles. The molecular formula is C38H42N2O8S2. The SMILES string of the molecule is CCc1cc(CC)c(S(=O)(=O)O)c(CC)c1Nc1ccc(Nc2c(CC)cc(CC)c(S(=O)(=O)O)c2CC)c2c1C(=O)c1ccccc1C2=O. The lowest BCUT2D eigenvalue weighted by molar-refractivity contribution is 0.0980. The lowest BCUT2D eigenvalue weighted by Crippen LogP contribution is -2.24. The van der Waals surface area contributed by atoms with E-state index in [1.54, 1.807) is 62.4 Å². The summed E-state index contributed by atoms with van der Waals surface area (Å²) >= 11 is 0. The van der Waals surface area contributed by atoms with Crippen molar-refractivity contribution in [3.63, 3.8) is 0 Å². The Balaban J connectivity index is 1.82. The van der Waals surface area contributed by atoms with Gasteiger partial charge in [-0.05, 0) is 84.0 Å². The molecule has 0 spiro atoms. The van der Waals surface area contributed by atoms with E-state index < -0.39 is 31.8 Å². The summed E-state index contributed by atoms with van der Waals surface area (Å²) < 4.78 is 71.3. The van der Waals surface area contributed by atoms with Crippen LogP contribution in [0.5, 0.6) is 0 Å². The Kier molecular flexibility index (Phi) is 10.4. The van der Waals surface area contributed by atoms with E-state index >= 15 is 0 Å². The molecule has 0 radical (unpaired) electrons. The van der Waals surface area contributed by atoms with Crippen LogP contribution in [0.4, 0.5) is 22.7 Å². The number of fused-ring (bicyclic) bond motifs is 2. The fraction of sp³-hybridized carbons (Fsp3) is 0.316. The third-order valence-corrected chi connectivity index (χ3v) is 11.5. The van der Waals surface area contributed by atoms with E-state index in [9.17, 15) is 35.5 Å². The molecule has 264 valence electrons. The predicted molar refractivity (Wildman–Crippen MR) is 195 cm³/mol. The second-order valence-corrected chi connectivity index (χ2v) is 14.9. The van der Waals surface area contributed by atoms with E-state index in [1.165, 1.54) is 0 Å². The van der Waals surface area contributed by atoms with E-state index in [0.717, 1.165) is 11.1 Å². The zero-order valence-corrected chi connectivity index (χ0v) is 30.7. The Morgan fingerprint density at radius 3 is 1.14 bits per heavy atom. The minimum Gasteiger partial charge on any atom is -0.354 e. The van der Waals surface area contributed by atoms with Gasteiger partial charge in [-0.3, -0.25) is 18.7 Å². The summed E-state index contributed by atoms with van der Waals surface area (Å²) in [6, 6.07) is 13.2. The third kappa shape index (κ3) is 6.37. The number of nitrogens with one attached hydrogen (secondary N) is 2. The molecule has 0 fully saturated rings. The van der Waals surface area contributed by atoms with Gasteiger partial charge < -0.3 is 10.6 Å². The molecule has 4 N–H and O–H groups in total. The number of benzene rings is 4. The van der Waals surface area contributed by atoms with Gasteiger partial charge in [-0.1, -0.05) is 77.9 Å². The molecule has 0 atom stereocenters. The van der Waals surface area contributed by atoms with Crippen molar-refractivity contribution in [2.45, 2.75) is 89.9 Å². The Hall–Kier alpha value is -4.36. The maximum Gasteiger partial charge on any atom is 0.295 e. The largest absolute Gasteiger partial charge is 0.354 e. The second-order valence-electron chi connectivity index (χ2n) is 12.2. The van der Waals surface area contributed by atoms with E-state index in [0.29, 0.717) is 59.3 Å². The van der Waals surface area contributed by atoms with E-state index in [2.05, 4.69) is 10.6 Å². The van der Waals surface area contributed by atoms with Crippen LogP contribution in [0.15, 0.2) is 58.3 Å². The summed E-state index contributed by atoms with van der Waals surface area (Å²) in [6.07, 6.45) is 2.25. The van der Waals surface area contributed by atoms with Gasteiger partial charge >= 0.3 is 0 Å². The zero-order chi connectivity index (χ0) is 36.7. The van der Waals surface area contributed by atoms with Crippen LogP contribution in [-0.2, 0) is 58.8 Å². The predicted octanol–water partition coefficient (Wildman–Crippen LogP) is 7.82. The first-order valence-electron chi connectivity index (χ1n) is 16.9. The highest BCUT2D eigenvalue weighted by molar-refractivity contribution is 7.86. The summed E-state index contributed by atoms with van der Waals surface area (Å²) in [5, 5.41) is 6.62. The van der Waals surface area contributed by atoms with E-state index in [-0.39, 0.29) is 56.3 Å². The molecular weight excluding hydrogens is 677 g/mol. The Morgan fingerprint density at radius 2 is 0.860 bits per heavy atom. The minimum atomic E-state index is -4.61. The molecule has 50 heavy (non-hydrogen) atoms. The quantitative estimate of drug-likeness (QED) is 0.0934. The van der Waals surface area contributed by atoms with Gasteiger partial charge in [-0.2, -0.15) is 16.8 Å². The topological polar surface area (TPSA) is 167 Å². The maximum absolute atomic E-state index is 14.4. The van der Waals surface area contributed by atoms with Gasteiger partial charge in [0.2, 0.25) is 0 Å². The Labute approximate surface area is 293 Å². The van der Waals surface area contributed by atoms with Crippen LogP contribution in [0.3, 0.4) is 0 Å². The smallest absolute Gasteiger partial charge is 0.295 e. The molecule has 0 saturated heterocycles. The van der Waals surface area contributed by atoms with Gasteiger partial charge in [-0.25, -0.2) is 0 Å². The molecule has 4 aromatic rings. The number of ketones is 2. The van der Waals surface area contributed by atoms with Gasteiger partial charge in [-0.15, -0.1) is 0 Å². The summed E-state index contributed by atoms with van der Waals surface area (Å²) in [7, 11) is -9.22. The van der Waals surface area contributed by atoms with Crippen LogP contribution < -0.4 is 10.6 Å². The summed E-state index contributed by atoms with van der Waals surface area (Å²) in [4.78, 5) is 28.4. The van der Waals surface area contributed by atoms with Crippen LogP contribution in [0.2, 0.25) is 0 Å². The molecule has 0 saturated carbocycles. The van der Waals surface area contributed by atoms with Crippen molar-refractivity contribution in [1.82, 2.24) is 0 Å². The molecule has 0 aliphatic heterocycles. The van der Waals surface area contributed by atoms with Crippen molar-refractivity contribution in [1.29, 1.82) is 0 Å². The number of anilines is 4. The third-order valence-electron chi connectivity index (χ3n) is 9.42.